The molecule has 0 aliphatic carbocycles. The zero-order valence-corrected chi connectivity index (χ0v) is 8.22. The summed E-state index contributed by atoms with van der Waals surface area (Å²) in [6.07, 6.45) is 5.60. The van der Waals surface area contributed by atoms with Gasteiger partial charge in [-0.25, -0.2) is 0 Å². The molecular formula is C10H20N2O. The highest BCUT2D eigenvalue weighted by atomic mass is 16.5. The van der Waals surface area contributed by atoms with Crippen molar-refractivity contribution in [2.75, 3.05) is 26.2 Å². The van der Waals surface area contributed by atoms with E-state index in [1.54, 1.807) is 0 Å². The van der Waals surface area contributed by atoms with Gasteiger partial charge in [-0.1, -0.05) is 0 Å². The van der Waals surface area contributed by atoms with E-state index in [1.165, 1.54) is 32.2 Å². The van der Waals surface area contributed by atoms with Crippen LogP contribution in [0.25, 0.3) is 0 Å². The zero-order chi connectivity index (χ0) is 8.93. The third-order valence-corrected chi connectivity index (χ3v) is 2.96. The van der Waals surface area contributed by atoms with E-state index in [4.69, 9.17) is 4.74 Å². The first-order valence-electron chi connectivity index (χ1n) is 5.51. The maximum atomic E-state index is 5.56. The first kappa shape index (κ1) is 9.44. The molecule has 0 amide bonds. The van der Waals surface area contributed by atoms with Crippen LogP contribution in [0, 0.1) is 0 Å². The predicted octanol–water partition coefficient (Wildman–Crippen LogP) is 0.507. The van der Waals surface area contributed by atoms with Crippen LogP contribution in [0.1, 0.15) is 25.7 Å². The zero-order valence-electron chi connectivity index (χ0n) is 8.22. The van der Waals surface area contributed by atoms with Crippen LogP contribution in [0.15, 0.2) is 0 Å². The fourth-order valence-corrected chi connectivity index (χ4v) is 2.13. The molecule has 2 fully saturated rings. The maximum absolute atomic E-state index is 5.56. The molecule has 0 saturated carbocycles. The Morgan fingerprint density at radius 1 is 1.31 bits per heavy atom. The fourth-order valence-electron chi connectivity index (χ4n) is 2.13. The SMILES string of the molecule is C1CNCC(NCC2CCCO2)C1. The van der Waals surface area contributed by atoms with Crippen LogP contribution in [-0.4, -0.2) is 38.4 Å². The number of hydrogen-bond donors (Lipinski definition) is 2. The van der Waals surface area contributed by atoms with Crippen molar-refractivity contribution in [1.29, 1.82) is 0 Å². The van der Waals surface area contributed by atoms with Gasteiger partial charge in [0.15, 0.2) is 0 Å². The summed E-state index contributed by atoms with van der Waals surface area (Å²) in [6.45, 7) is 4.34. The van der Waals surface area contributed by atoms with Gasteiger partial charge in [-0.3, -0.25) is 0 Å². The lowest BCUT2D eigenvalue weighted by atomic mass is 10.1. The lowest BCUT2D eigenvalue weighted by molar-refractivity contribution is 0.106. The Morgan fingerprint density at radius 2 is 2.31 bits per heavy atom. The van der Waals surface area contributed by atoms with Crippen LogP contribution in [-0.2, 0) is 4.74 Å². The Morgan fingerprint density at radius 3 is 3.00 bits per heavy atom. The number of ether oxygens (including phenoxy) is 1. The summed E-state index contributed by atoms with van der Waals surface area (Å²) >= 11 is 0. The fraction of sp³-hybridized carbons (Fsp3) is 1.00. The van der Waals surface area contributed by atoms with Crippen LogP contribution in [0.2, 0.25) is 0 Å². The van der Waals surface area contributed by atoms with E-state index in [9.17, 15) is 0 Å². The van der Waals surface area contributed by atoms with Crippen molar-refractivity contribution < 1.29 is 4.74 Å². The summed E-state index contributed by atoms with van der Waals surface area (Å²) in [6, 6.07) is 0.679. The smallest absolute Gasteiger partial charge is 0.0700 e. The monoisotopic (exact) mass is 184 g/mol. The first-order chi connectivity index (χ1) is 6.45. The van der Waals surface area contributed by atoms with E-state index in [0.717, 1.165) is 19.7 Å². The normalized spacial score (nSPS) is 35.1. The van der Waals surface area contributed by atoms with Crippen molar-refractivity contribution in [3.8, 4) is 0 Å². The molecule has 3 nitrogen and oxygen atoms in total. The topological polar surface area (TPSA) is 33.3 Å². The second-order valence-corrected chi connectivity index (χ2v) is 4.09. The van der Waals surface area contributed by atoms with Crippen LogP contribution in [0.3, 0.4) is 0 Å². The van der Waals surface area contributed by atoms with Crippen LogP contribution in [0.5, 0.6) is 0 Å². The van der Waals surface area contributed by atoms with Crippen molar-refractivity contribution in [2.45, 2.75) is 37.8 Å². The molecule has 0 bridgehead atoms. The van der Waals surface area contributed by atoms with Gasteiger partial charge in [-0.05, 0) is 32.2 Å². The number of nitrogens with one attached hydrogen (secondary N) is 2. The van der Waals surface area contributed by atoms with Crippen molar-refractivity contribution in [2.24, 2.45) is 0 Å². The number of piperidine rings is 1. The minimum Gasteiger partial charge on any atom is -0.377 e. The summed E-state index contributed by atoms with van der Waals surface area (Å²) < 4.78 is 5.56. The van der Waals surface area contributed by atoms with E-state index in [2.05, 4.69) is 10.6 Å². The molecule has 2 saturated heterocycles. The second-order valence-electron chi connectivity index (χ2n) is 4.09. The van der Waals surface area contributed by atoms with E-state index in [0.29, 0.717) is 12.1 Å². The predicted molar refractivity (Wildman–Crippen MR) is 52.9 cm³/mol. The van der Waals surface area contributed by atoms with Gasteiger partial charge < -0.3 is 15.4 Å². The molecule has 76 valence electrons. The van der Waals surface area contributed by atoms with Gasteiger partial charge in [-0.2, -0.15) is 0 Å². The molecule has 2 N–H and O–H groups in total. The summed E-state index contributed by atoms with van der Waals surface area (Å²) in [5.41, 5.74) is 0. The Bertz CT molecular complexity index is 140. The molecule has 0 radical (unpaired) electrons. The van der Waals surface area contributed by atoms with Gasteiger partial charge in [-0.15, -0.1) is 0 Å². The van der Waals surface area contributed by atoms with Gasteiger partial charge in [0.25, 0.3) is 0 Å². The molecule has 3 heteroatoms. The van der Waals surface area contributed by atoms with Gasteiger partial charge in [0, 0.05) is 25.7 Å². The van der Waals surface area contributed by atoms with Crippen LogP contribution >= 0.6 is 0 Å². The Labute approximate surface area is 80.2 Å². The molecule has 0 aromatic heterocycles. The first-order valence-corrected chi connectivity index (χ1v) is 5.51. The standard InChI is InChI=1S/C10H20N2O/c1-3-9(7-11-5-1)12-8-10-4-2-6-13-10/h9-12H,1-8H2. The summed E-state index contributed by atoms with van der Waals surface area (Å²) in [5, 5.41) is 6.98. The lowest BCUT2D eigenvalue weighted by Gasteiger charge is -2.25. The van der Waals surface area contributed by atoms with E-state index < -0.39 is 0 Å². The molecule has 0 spiro atoms. The third-order valence-electron chi connectivity index (χ3n) is 2.96. The van der Waals surface area contributed by atoms with Crippen LogP contribution in [0.4, 0.5) is 0 Å². The summed E-state index contributed by atoms with van der Waals surface area (Å²) in [7, 11) is 0. The van der Waals surface area contributed by atoms with Crippen molar-refractivity contribution >= 4 is 0 Å². The largest absolute Gasteiger partial charge is 0.377 e. The molecule has 2 atom stereocenters. The minimum absolute atomic E-state index is 0.488. The summed E-state index contributed by atoms with van der Waals surface area (Å²) in [4.78, 5) is 0. The molecule has 2 heterocycles. The quantitative estimate of drug-likeness (QED) is 0.670. The lowest BCUT2D eigenvalue weighted by Crippen LogP contribution is -2.45. The van der Waals surface area contributed by atoms with E-state index >= 15 is 0 Å². The Balaban J connectivity index is 1.60. The molecule has 2 unspecified atom stereocenters. The van der Waals surface area contributed by atoms with Crippen molar-refractivity contribution in [3.05, 3.63) is 0 Å². The number of rotatable bonds is 3. The van der Waals surface area contributed by atoms with Crippen LogP contribution < -0.4 is 10.6 Å². The second kappa shape index (κ2) is 4.94. The third kappa shape index (κ3) is 2.93. The van der Waals surface area contributed by atoms with Gasteiger partial charge in [0.2, 0.25) is 0 Å². The Hall–Kier alpha value is -0.120. The van der Waals surface area contributed by atoms with E-state index in [1.807, 2.05) is 0 Å². The van der Waals surface area contributed by atoms with Gasteiger partial charge >= 0.3 is 0 Å². The van der Waals surface area contributed by atoms with Crippen molar-refractivity contribution in [3.63, 3.8) is 0 Å². The minimum atomic E-state index is 0.488. The number of hydrogen-bond acceptors (Lipinski definition) is 3. The Kier molecular flexibility index (Phi) is 3.58. The molecule has 0 aromatic rings. The van der Waals surface area contributed by atoms with E-state index in [-0.39, 0.29) is 0 Å². The van der Waals surface area contributed by atoms with Gasteiger partial charge in [0.1, 0.15) is 0 Å². The highest BCUT2D eigenvalue weighted by Crippen LogP contribution is 2.11. The average molecular weight is 184 g/mol. The van der Waals surface area contributed by atoms with Crippen molar-refractivity contribution in [1.82, 2.24) is 10.6 Å². The molecule has 2 aliphatic heterocycles. The molecule has 2 rings (SSSR count). The molecular weight excluding hydrogens is 164 g/mol. The summed E-state index contributed by atoms with van der Waals surface area (Å²) in [5.74, 6) is 0. The maximum Gasteiger partial charge on any atom is 0.0700 e. The van der Waals surface area contributed by atoms with Gasteiger partial charge in [0.05, 0.1) is 6.10 Å². The molecule has 0 aromatic carbocycles. The molecule has 2 aliphatic rings. The highest BCUT2D eigenvalue weighted by molar-refractivity contribution is 4.77. The highest BCUT2D eigenvalue weighted by Gasteiger charge is 2.18. The molecule has 13 heavy (non-hydrogen) atoms. The average Bonchev–Trinajstić information content (AvgIpc) is 2.69.